The van der Waals surface area contributed by atoms with Crippen LogP contribution in [-0.2, 0) is 16.1 Å². The summed E-state index contributed by atoms with van der Waals surface area (Å²) in [6, 6.07) is 16.4. The van der Waals surface area contributed by atoms with Gasteiger partial charge in [0.25, 0.3) is 0 Å². The molecular weight excluding hydrogens is 402 g/mol. The van der Waals surface area contributed by atoms with Crippen molar-refractivity contribution in [1.29, 1.82) is 0 Å². The lowest BCUT2D eigenvalue weighted by molar-refractivity contribution is -0.150. The highest BCUT2D eigenvalue weighted by molar-refractivity contribution is 5.86. The maximum absolute atomic E-state index is 13.2. The SMILES string of the molecule is CCOC(=O)C1(Nc2ccc(F)cc2)CCN(Cc2ccccc2)CC1.Cl.Cl. The van der Waals surface area contributed by atoms with Gasteiger partial charge >= 0.3 is 5.97 Å². The van der Waals surface area contributed by atoms with E-state index in [2.05, 4.69) is 22.3 Å². The molecule has 0 radical (unpaired) electrons. The summed E-state index contributed by atoms with van der Waals surface area (Å²) in [6.45, 7) is 4.62. The fourth-order valence-corrected chi connectivity index (χ4v) is 3.39. The van der Waals surface area contributed by atoms with Gasteiger partial charge in [-0.1, -0.05) is 30.3 Å². The molecule has 0 aromatic heterocycles. The van der Waals surface area contributed by atoms with E-state index >= 15 is 0 Å². The number of benzene rings is 2. The average molecular weight is 429 g/mol. The van der Waals surface area contributed by atoms with Gasteiger partial charge in [-0.25, -0.2) is 9.18 Å². The van der Waals surface area contributed by atoms with Crippen molar-refractivity contribution in [2.45, 2.75) is 31.8 Å². The Morgan fingerprint density at radius 3 is 2.25 bits per heavy atom. The second-order valence-corrected chi connectivity index (χ2v) is 6.70. The van der Waals surface area contributed by atoms with Crippen molar-refractivity contribution in [3.05, 3.63) is 66.0 Å². The molecular formula is C21H27Cl2FN2O2. The molecule has 1 N–H and O–H groups in total. The van der Waals surface area contributed by atoms with Crippen molar-refractivity contribution in [2.75, 3.05) is 25.0 Å². The normalized spacial score (nSPS) is 15.6. The Labute approximate surface area is 178 Å². The smallest absolute Gasteiger partial charge is 0.331 e. The molecule has 28 heavy (non-hydrogen) atoms. The first-order chi connectivity index (χ1) is 12.6. The number of halogens is 3. The second kappa shape index (κ2) is 11.2. The van der Waals surface area contributed by atoms with Crippen LogP contribution in [0.4, 0.5) is 10.1 Å². The standard InChI is InChI=1S/C21H25FN2O2.2ClH/c1-2-26-20(25)21(23-19-10-8-18(22)9-11-19)12-14-24(15-13-21)16-17-6-4-3-5-7-17;;/h3-11,23H,2,12-16H2,1H3;2*1H. The van der Waals surface area contributed by atoms with E-state index in [1.807, 2.05) is 25.1 Å². The van der Waals surface area contributed by atoms with Gasteiger partial charge in [-0.2, -0.15) is 0 Å². The van der Waals surface area contributed by atoms with Gasteiger partial charge in [-0.15, -0.1) is 24.8 Å². The largest absolute Gasteiger partial charge is 0.464 e. The first-order valence-corrected chi connectivity index (χ1v) is 9.08. The summed E-state index contributed by atoms with van der Waals surface area (Å²) in [6.07, 6.45) is 1.30. The molecule has 1 aliphatic rings. The lowest BCUT2D eigenvalue weighted by atomic mass is 9.86. The molecule has 0 aliphatic carbocycles. The summed E-state index contributed by atoms with van der Waals surface area (Å²) in [5.41, 5.74) is 1.24. The predicted molar refractivity (Wildman–Crippen MR) is 115 cm³/mol. The zero-order valence-electron chi connectivity index (χ0n) is 15.9. The lowest BCUT2D eigenvalue weighted by Crippen LogP contribution is -2.55. The van der Waals surface area contributed by atoms with E-state index in [9.17, 15) is 9.18 Å². The molecule has 0 atom stereocenters. The first kappa shape index (κ1) is 24.2. The minimum Gasteiger partial charge on any atom is -0.464 e. The highest BCUT2D eigenvalue weighted by Crippen LogP contribution is 2.29. The number of hydrogen-bond donors (Lipinski definition) is 1. The summed E-state index contributed by atoms with van der Waals surface area (Å²) in [5.74, 6) is -0.526. The van der Waals surface area contributed by atoms with Crippen LogP contribution in [-0.4, -0.2) is 36.1 Å². The minimum atomic E-state index is -0.763. The van der Waals surface area contributed by atoms with Gasteiger partial charge in [-0.3, -0.25) is 4.90 Å². The summed E-state index contributed by atoms with van der Waals surface area (Å²) in [5, 5.41) is 3.32. The molecule has 0 spiro atoms. The van der Waals surface area contributed by atoms with Crippen LogP contribution >= 0.6 is 24.8 Å². The third-order valence-electron chi connectivity index (χ3n) is 4.85. The highest BCUT2D eigenvalue weighted by Gasteiger charge is 2.42. The van der Waals surface area contributed by atoms with Gasteiger partial charge in [0.1, 0.15) is 11.4 Å². The quantitative estimate of drug-likeness (QED) is 0.678. The van der Waals surface area contributed by atoms with E-state index in [-0.39, 0.29) is 36.6 Å². The zero-order valence-corrected chi connectivity index (χ0v) is 17.5. The van der Waals surface area contributed by atoms with Crippen LogP contribution in [0.3, 0.4) is 0 Å². The van der Waals surface area contributed by atoms with Crippen LogP contribution in [0.5, 0.6) is 0 Å². The maximum atomic E-state index is 13.2. The van der Waals surface area contributed by atoms with Crippen molar-refractivity contribution >= 4 is 36.5 Å². The van der Waals surface area contributed by atoms with Gasteiger partial charge < -0.3 is 10.1 Å². The predicted octanol–water partition coefficient (Wildman–Crippen LogP) is 4.68. The van der Waals surface area contributed by atoms with Crippen LogP contribution in [0.25, 0.3) is 0 Å². The van der Waals surface area contributed by atoms with Crippen molar-refractivity contribution in [1.82, 2.24) is 4.90 Å². The van der Waals surface area contributed by atoms with Gasteiger partial charge in [0.05, 0.1) is 6.61 Å². The van der Waals surface area contributed by atoms with Crippen LogP contribution in [0.1, 0.15) is 25.3 Å². The minimum absolute atomic E-state index is 0. The molecule has 154 valence electrons. The Balaban J connectivity index is 0.00000196. The van der Waals surface area contributed by atoms with Crippen LogP contribution < -0.4 is 5.32 Å². The molecule has 2 aromatic rings. The number of rotatable bonds is 6. The Bertz CT molecular complexity index is 721. The van der Waals surface area contributed by atoms with E-state index in [1.54, 1.807) is 12.1 Å². The van der Waals surface area contributed by atoms with Crippen molar-refractivity contribution < 1.29 is 13.9 Å². The topological polar surface area (TPSA) is 41.6 Å². The Hall–Kier alpha value is -1.82. The van der Waals surface area contributed by atoms with Crippen molar-refractivity contribution in [2.24, 2.45) is 0 Å². The van der Waals surface area contributed by atoms with Gasteiger partial charge in [0.15, 0.2) is 0 Å². The second-order valence-electron chi connectivity index (χ2n) is 6.70. The van der Waals surface area contributed by atoms with E-state index < -0.39 is 5.54 Å². The van der Waals surface area contributed by atoms with Crippen LogP contribution in [0.2, 0.25) is 0 Å². The molecule has 3 rings (SSSR count). The third kappa shape index (κ3) is 6.09. The first-order valence-electron chi connectivity index (χ1n) is 9.08. The molecule has 0 bridgehead atoms. The van der Waals surface area contributed by atoms with E-state index in [0.29, 0.717) is 19.4 Å². The molecule has 1 saturated heterocycles. The summed E-state index contributed by atoms with van der Waals surface area (Å²) in [4.78, 5) is 15.0. The summed E-state index contributed by atoms with van der Waals surface area (Å²) >= 11 is 0. The van der Waals surface area contributed by atoms with Crippen LogP contribution in [0, 0.1) is 5.82 Å². The number of ether oxygens (including phenoxy) is 1. The molecule has 1 fully saturated rings. The average Bonchev–Trinajstić information content (AvgIpc) is 2.66. The van der Waals surface area contributed by atoms with Gasteiger partial charge in [-0.05, 0) is 49.6 Å². The van der Waals surface area contributed by atoms with E-state index in [4.69, 9.17) is 4.74 Å². The molecule has 7 heteroatoms. The molecule has 1 aliphatic heterocycles. The highest BCUT2D eigenvalue weighted by atomic mass is 35.5. The van der Waals surface area contributed by atoms with Crippen molar-refractivity contribution in [3.63, 3.8) is 0 Å². The number of nitrogens with one attached hydrogen (secondary N) is 1. The number of piperidine rings is 1. The molecule has 0 saturated carbocycles. The fraction of sp³-hybridized carbons (Fsp3) is 0.381. The van der Waals surface area contributed by atoms with Gasteiger partial charge in [0, 0.05) is 25.3 Å². The third-order valence-corrected chi connectivity index (χ3v) is 4.85. The number of carbonyl (C=O) groups is 1. The number of carbonyl (C=O) groups excluding carboxylic acids is 1. The fourth-order valence-electron chi connectivity index (χ4n) is 3.39. The summed E-state index contributed by atoms with van der Waals surface area (Å²) < 4.78 is 18.5. The molecule has 1 heterocycles. The molecule has 4 nitrogen and oxygen atoms in total. The monoisotopic (exact) mass is 428 g/mol. The van der Waals surface area contributed by atoms with Gasteiger partial charge in [0.2, 0.25) is 0 Å². The molecule has 0 unspecified atom stereocenters. The van der Waals surface area contributed by atoms with Crippen molar-refractivity contribution in [3.8, 4) is 0 Å². The number of anilines is 1. The summed E-state index contributed by atoms with van der Waals surface area (Å²) in [7, 11) is 0. The number of nitrogens with zero attached hydrogens (tertiary/aromatic N) is 1. The van der Waals surface area contributed by atoms with E-state index in [0.717, 1.165) is 25.3 Å². The Kier molecular flexibility index (Phi) is 9.73. The number of esters is 1. The number of likely N-dealkylation sites (tertiary alicyclic amines) is 1. The maximum Gasteiger partial charge on any atom is 0.331 e. The Morgan fingerprint density at radius 2 is 1.68 bits per heavy atom. The zero-order chi connectivity index (χ0) is 18.4. The molecule has 0 amide bonds. The molecule has 2 aromatic carbocycles. The Morgan fingerprint density at radius 1 is 1.07 bits per heavy atom. The lowest BCUT2D eigenvalue weighted by Gasteiger charge is -2.41. The van der Waals surface area contributed by atoms with E-state index in [1.165, 1.54) is 17.7 Å². The number of hydrogen-bond acceptors (Lipinski definition) is 4. The van der Waals surface area contributed by atoms with Crippen LogP contribution in [0.15, 0.2) is 54.6 Å².